The molecule has 22 heavy (non-hydrogen) atoms. The first-order valence-corrected chi connectivity index (χ1v) is 7.32. The number of hydrogen-bond acceptors (Lipinski definition) is 4. The SMILES string of the molecule is CCCOc1ccc(Cl)cc1C(=O)NC(CCOC)C(=O)O. The van der Waals surface area contributed by atoms with Gasteiger partial charge in [-0.3, -0.25) is 4.79 Å². The second-order valence-corrected chi connectivity index (χ2v) is 5.07. The molecule has 1 atom stereocenters. The number of amides is 1. The standard InChI is InChI=1S/C15H20ClNO5/c1-3-7-22-13-5-4-10(16)9-11(13)14(18)17-12(15(19)20)6-8-21-2/h4-5,9,12H,3,6-8H2,1-2H3,(H,17,18)(H,19,20). The number of nitrogens with one attached hydrogen (secondary N) is 1. The van der Waals surface area contributed by atoms with Gasteiger partial charge < -0.3 is 19.9 Å². The van der Waals surface area contributed by atoms with Gasteiger partial charge in [0.05, 0.1) is 12.2 Å². The Balaban J connectivity index is 2.90. The molecule has 0 aliphatic rings. The lowest BCUT2D eigenvalue weighted by Gasteiger charge is -2.16. The van der Waals surface area contributed by atoms with Gasteiger partial charge in [-0.2, -0.15) is 0 Å². The van der Waals surface area contributed by atoms with Gasteiger partial charge in [0.25, 0.3) is 5.91 Å². The minimum absolute atomic E-state index is 0.170. The van der Waals surface area contributed by atoms with Crippen molar-refractivity contribution in [3.63, 3.8) is 0 Å². The number of carboxylic acid groups (broad SMARTS) is 1. The summed E-state index contributed by atoms with van der Waals surface area (Å²) < 4.78 is 10.3. The number of rotatable bonds is 9. The first kappa shape index (κ1) is 18.3. The fourth-order valence-electron chi connectivity index (χ4n) is 1.75. The zero-order valence-electron chi connectivity index (χ0n) is 12.6. The Morgan fingerprint density at radius 3 is 2.68 bits per heavy atom. The van der Waals surface area contributed by atoms with Crippen LogP contribution in [-0.2, 0) is 9.53 Å². The Kier molecular flexibility index (Phi) is 7.70. The summed E-state index contributed by atoms with van der Waals surface area (Å²) in [5.41, 5.74) is 0.213. The molecule has 2 N–H and O–H groups in total. The van der Waals surface area contributed by atoms with E-state index in [1.807, 2.05) is 6.92 Å². The van der Waals surface area contributed by atoms with Crippen molar-refractivity contribution in [2.75, 3.05) is 20.3 Å². The summed E-state index contributed by atoms with van der Waals surface area (Å²) in [5, 5.41) is 12.0. The molecule has 0 radical (unpaired) electrons. The van der Waals surface area contributed by atoms with Crippen molar-refractivity contribution in [2.45, 2.75) is 25.8 Å². The molecule has 1 amide bonds. The third-order valence-corrected chi connectivity index (χ3v) is 3.10. The molecule has 0 aliphatic heterocycles. The van der Waals surface area contributed by atoms with Crippen LogP contribution in [0.4, 0.5) is 0 Å². The third kappa shape index (κ3) is 5.54. The van der Waals surface area contributed by atoms with E-state index in [2.05, 4.69) is 5.32 Å². The smallest absolute Gasteiger partial charge is 0.326 e. The lowest BCUT2D eigenvalue weighted by atomic mass is 10.1. The Bertz CT molecular complexity index is 521. The zero-order chi connectivity index (χ0) is 16.5. The molecular formula is C15H20ClNO5. The molecule has 0 aliphatic carbocycles. The third-order valence-electron chi connectivity index (χ3n) is 2.86. The predicted octanol–water partition coefficient (Wildman–Crippen LogP) is 2.35. The molecule has 1 rings (SSSR count). The minimum Gasteiger partial charge on any atom is -0.493 e. The van der Waals surface area contributed by atoms with Gasteiger partial charge in [-0.05, 0) is 24.6 Å². The number of carboxylic acids is 1. The largest absolute Gasteiger partial charge is 0.493 e. The maximum atomic E-state index is 12.3. The average Bonchev–Trinajstić information content (AvgIpc) is 2.49. The highest BCUT2D eigenvalue weighted by Gasteiger charge is 2.22. The summed E-state index contributed by atoms with van der Waals surface area (Å²) in [6.07, 6.45) is 0.957. The van der Waals surface area contributed by atoms with Gasteiger partial charge in [-0.1, -0.05) is 18.5 Å². The molecule has 0 saturated carbocycles. The number of carbonyl (C=O) groups excluding carboxylic acids is 1. The summed E-state index contributed by atoms with van der Waals surface area (Å²) in [4.78, 5) is 23.5. The van der Waals surface area contributed by atoms with Crippen LogP contribution in [-0.4, -0.2) is 43.3 Å². The van der Waals surface area contributed by atoms with Crippen molar-refractivity contribution in [2.24, 2.45) is 0 Å². The van der Waals surface area contributed by atoms with E-state index < -0.39 is 17.9 Å². The highest BCUT2D eigenvalue weighted by atomic mass is 35.5. The minimum atomic E-state index is -1.12. The van der Waals surface area contributed by atoms with Crippen LogP contribution in [0.3, 0.4) is 0 Å². The summed E-state index contributed by atoms with van der Waals surface area (Å²) in [6, 6.07) is 3.63. The molecule has 0 spiro atoms. The molecule has 1 unspecified atom stereocenters. The van der Waals surface area contributed by atoms with Crippen LogP contribution >= 0.6 is 11.6 Å². The monoisotopic (exact) mass is 329 g/mol. The van der Waals surface area contributed by atoms with E-state index in [4.69, 9.17) is 26.2 Å². The van der Waals surface area contributed by atoms with Crippen LogP contribution in [0.2, 0.25) is 5.02 Å². The average molecular weight is 330 g/mol. The Hall–Kier alpha value is -1.79. The van der Waals surface area contributed by atoms with Crippen molar-refractivity contribution < 1.29 is 24.2 Å². The lowest BCUT2D eigenvalue weighted by molar-refractivity contribution is -0.139. The normalized spacial score (nSPS) is 11.8. The fourth-order valence-corrected chi connectivity index (χ4v) is 1.92. The van der Waals surface area contributed by atoms with E-state index >= 15 is 0 Å². The van der Waals surface area contributed by atoms with Crippen molar-refractivity contribution in [3.8, 4) is 5.75 Å². The number of carbonyl (C=O) groups is 2. The van der Waals surface area contributed by atoms with Gasteiger partial charge in [-0.15, -0.1) is 0 Å². The number of benzene rings is 1. The molecule has 0 heterocycles. The highest BCUT2D eigenvalue weighted by Crippen LogP contribution is 2.23. The van der Waals surface area contributed by atoms with Crippen LogP contribution in [0.15, 0.2) is 18.2 Å². The Labute approximate surface area is 134 Å². The molecular weight excluding hydrogens is 310 g/mol. The fraction of sp³-hybridized carbons (Fsp3) is 0.467. The molecule has 7 heteroatoms. The molecule has 0 aromatic heterocycles. The Morgan fingerprint density at radius 1 is 1.36 bits per heavy atom. The van der Waals surface area contributed by atoms with Gasteiger partial charge in [0, 0.05) is 25.2 Å². The van der Waals surface area contributed by atoms with Crippen LogP contribution in [0.5, 0.6) is 5.75 Å². The highest BCUT2D eigenvalue weighted by molar-refractivity contribution is 6.31. The molecule has 6 nitrogen and oxygen atoms in total. The molecule has 1 aromatic carbocycles. The second-order valence-electron chi connectivity index (χ2n) is 4.63. The summed E-state index contributed by atoms with van der Waals surface area (Å²) >= 11 is 5.91. The van der Waals surface area contributed by atoms with Gasteiger partial charge in [0.2, 0.25) is 0 Å². The van der Waals surface area contributed by atoms with Crippen molar-refractivity contribution in [1.29, 1.82) is 0 Å². The second kappa shape index (κ2) is 9.27. The van der Waals surface area contributed by atoms with Crippen molar-refractivity contribution in [3.05, 3.63) is 28.8 Å². The van der Waals surface area contributed by atoms with Gasteiger partial charge in [-0.25, -0.2) is 4.79 Å². The van der Waals surface area contributed by atoms with Crippen LogP contribution in [0.25, 0.3) is 0 Å². The number of methoxy groups -OCH3 is 1. The number of hydrogen-bond donors (Lipinski definition) is 2. The van der Waals surface area contributed by atoms with E-state index in [1.165, 1.54) is 13.2 Å². The zero-order valence-corrected chi connectivity index (χ0v) is 13.4. The summed E-state index contributed by atoms with van der Waals surface area (Å²) in [7, 11) is 1.47. The van der Waals surface area contributed by atoms with E-state index in [0.717, 1.165) is 6.42 Å². The van der Waals surface area contributed by atoms with Crippen LogP contribution in [0.1, 0.15) is 30.1 Å². The van der Waals surface area contributed by atoms with Gasteiger partial charge in [0.15, 0.2) is 0 Å². The summed E-state index contributed by atoms with van der Waals surface area (Å²) in [6.45, 7) is 2.63. The van der Waals surface area contributed by atoms with Crippen LogP contribution < -0.4 is 10.1 Å². The van der Waals surface area contributed by atoms with Gasteiger partial charge in [0.1, 0.15) is 11.8 Å². The van der Waals surface area contributed by atoms with Crippen molar-refractivity contribution >= 4 is 23.5 Å². The van der Waals surface area contributed by atoms with E-state index in [9.17, 15) is 9.59 Å². The number of aliphatic carboxylic acids is 1. The number of ether oxygens (including phenoxy) is 2. The maximum Gasteiger partial charge on any atom is 0.326 e. The lowest BCUT2D eigenvalue weighted by Crippen LogP contribution is -2.41. The first-order chi connectivity index (χ1) is 10.5. The molecule has 122 valence electrons. The van der Waals surface area contributed by atoms with E-state index in [-0.39, 0.29) is 18.6 Å². The summed E-state index contributed by atoms with van der Waals surface area (Å²) in [5.74, 6) is -1.29. The Morgan fingerprint density at radius 2 is 2.09 bits per heavy atom. The van der Waals surface area contributed by atoms with Crippen molar-refractivity contribution in [1.82, 2.24) is 5.32 Å². The molecule has 0 fully saturated rings. The van der Waals surface area contributed by atoms with E-state index in [1.54, 1.807) is 12.1 Å². The molecule has 0 bridgehead atoms. The maximum absolute atomic E-state index is 12.3. The molecule has 1 aromatic rings. The van der Waals surface area contributed by atoms with Gasteiger partial charge >= 0.3 is 5.97 Å². The van der Waals surface area contributed by atoms with E-state index in [0.29, 0.717) is 17.4 Å². The van der Waals surface area contributed by atoms with Crippen LogP contribution in [0, 0.1) is 0 Å². The predicted molar refractivity (Wildman–Crippen MR) is 82.6 cm³/mol. The number of halogens is 1. The quantitative estimate of drug-likeness (QED) is 0.726. The molecule has 0 saturated heterocycles. The topological polar surface area (TPSA) is 84.9 Å². The first-order valence-electron chi connectivity index (χ1n) is 6.94.